The molecule has 1 aliphatic rings. The number of nitrogens with zero attached hydrogens (tertiary/aromatic N) is 1. The summed E-state index contributed by atoms with van der Waals surface area (Å²) in [5.74, 6) is -1.31. The lowest BCUT2D eigenvalue weighted by Crippen LogP contribution is -2.53. The number of carbonyl (C=O) groups is 1. The maximum atomic E-state index is 14.3. The summed E-state index contributed by atoms with van der Waals surface area (Å²) in [6.07, 6.45) is -1.42. The number of rotatable bonds is 3. The van der Waals surface area contributed by atoms with E-state index in [0.717, 1.165) is 12.1 Å². The second-order valence-corrected chi connectivity index (χ2v) is 6.95. The molecule has 1 aromatic carbocycles. The van der Waals surface area contributed by atoms with Gasteiger partial charge in [0.1, 0.15) is 23.4 Å². The highest BCUT2D eigenvalue weighted by atomic mass is 19.1. The zero-order valence-electron chi connectivity index (χ0n) is 14.1. The molecule has 134 valence electrons. The van der Waals surface area contributed by atoms with E-state index in [0.29, 0.717) is 13.0 Å². The van der Waals surface area contributed by atoms with Crippen LogP contribution in [-0.2, 0) is 11.3 Å². The summed E-state index contributed by atoms with van der Waals surface area (Å²) in [4.78, 5) is 13.3. The zero-order valence-corrected chi connectivity index (χ0v) is 14.1. The number of piperidine rings is 1. The molecular formula is C17H23F3N2O2. The van der Waals surface area contributed by atoms with E-state index >= 15 is 0 Å². The normalized spacial score (nSPS) is 21.7. The minimum atomic E-state index is -1.28. The molecule has 0 spiro atoms. The first-order valence-electron chi connectivity index (χ1n) is 7.95. The number of benzene rings is 1. The summed E-state index contributed by atoms with van der Waals surface area (Å²) in [5.41, 5.74) is -0.351. The van der Waals surface area contributed by atoms with Gasteiger partial charge in [-0.15, -0.1) is 0 Å². The third-order valence-corrected chi connectivity index (χ3v) is 3.76. The van der Waals surface area contributed by atoms with Crippen molar-refractivity contribution in [3.63, 3.8) is 0 Å². The van der Waals surface area contributed by atoms with Gasteiger partial charge in [-0.1, -0.05) is 6.07 Å². The van der Waals surface area contributed by atoms with Crippen molar-refractivity contribution in [2.45, 2.75) is 51.6 Å². The predicted octanol–water partition coefficient (Wildman–Crippen LogP) is 3.40. The highest BCUT2D eigenvalue weighted by molar-refractivity contribution is 5.68. The summed E-state index contributed by atoms with van der Waals surface area (Å²) in [6, 6.07) is 2.81. The SMILES string of the molecule is CC(C)(C)OC(=O)N1CCC(NCc2ccc(F)cc2F)C(F)C1. The van der Waals surface area contributed by atoms with Crippen molar-refractivity contribution in [3.8, 4) is 0 Å². The largest absolute Gasteiger partial charge is 0.444 e. The molecule has 1 N–H and O–H groups in total. The fourth-order valence-corrected chi connectivity index (χ4v) is 2.53. The number of carbonyl (C=O) groups excluding carboxylic acids is 1. The van der Waals surface area contributed by atoms with Gasteiger partial charge >= 0.3 is 6.09 Å². The van der Waals surface area contributed by atoms with Crippen LogP contribution in [0.2, 0.25) is 0 Å². The summed E-state index contributed by atoms with van der Waals surface area (Å²) in [6.45, 7) is 5.65. The molecule has 1 saturated heterocycles. The van der Waals surface area contributed by atoms with Crippen LogP contribution in [0, 0.1) is 11.6 Å². The van der Waals surface area contributed by atoms with E-state index in [1.54, 1.807) is 20.8 Å². The van der Waals surface area contributed by atoms with E-state index < -0.39 is 35.5 Å². The topological polar surface area (TPSA) is 41.6 Å². The van der Waals surface area contributed by atoms with Gasteiger partial charge in [0, 0.05) is 30.8 Å². The van der Waals surface area contributed by atoms with Crippen LogP contribution in [0.15, 0.2) is 18.2 Å². The third-order valence-electron chi connectivity index (χ3n) is 3.76. The first kappa shape index (κ1) is 18.6. The lowest BCUT2D eigenvalue weighted by molar-refractivity contribution is 0.00933. The van der Waals surface area contributed by atoms with E-state index in [2.05, 4.69) is 5.32 Å². The number of hydrogen-bond donors (Lipinski definition) is 1. The average molecular weight is 344 g/mol. The first-order chi connectivity index (χ1) is 11.2. The van der Waals surface area contributed by atoms with Gasteiger partial charge in [0.25, 0.3) is 0 Å². The van der Waals surface area contributed by atoms with Crippen molar-refractivity contribution >= 4 is 6.09 Å². The smallest absolute Gasteiger partial charge is 0.410 e. The van der Waals surface area contributed by atoms with Crippen LogP contribution in [0.4, 0.5) is 18.0 Å². The fraction of sp³-hybridized carbons (Fsp3) is 0.588. The number of halogens is 3. The molecule has 1 fully saturated rings. The predicted molar refractivity (Wildman–Crippen MR) is 84.3 cm³/mol. The van der Waals surface area contributed by atoms with Crippen molar-refractivity contribution in [2.24, 2.45) is 0 Å². The van der Waals surface area contributed by atoms with Crippen molar-refractivity contribution in [3.05, 3.63) is 35.4 Å². The van der Waals surface area contributed by atoms with E-state index in [1.807, 2.05) is 0 Å². The van der Waals surface area contributed by atoms with Gasteiger partial charge in [0.05, 0.1) is 6.54 Å². The first-order valence-corrected chi connectivity index (χ1v) is 7.95. The minimum Gasteiger partial charge on any atom is -0.444 e. The van der Waals surface area contributed by atoms with Gasteiger partial charge in [0.2, 0.25) is 0 Å². The molecule has 1 aliphatic heterocycles. The maximum absolute atomic E-state index is 14.3. The maximum Gasteiger partial charge on any atom is 0.410 e. The molecule has 0 bridgehead atoms. The molecule has 2 rings (SSSR count). The van der Waals surface area contributed by atoms with Gasteiger partial charge in [-0.3, -0.25) is 0 Å². The molecule has 7 heteroatoms. The Morgan fingerprint density at radius 3 is 2.67 bits per heavy atom. The molecule has 1 heterocycles. The van der Waals surface area contributed by atoms with Crippen LogP contribution in [0.1, 0.15) is 32.8 Å². The standard InChI is InChI=1S/C17H23F3N2O2/c1-17(2,3)24-16(23)22-7-6-15(14(20)10-22)21-9-11-4-5-12(18)8-13(11)19/h4-5,8,14-15,21H,6-7,9-10H2,1-3H3. The Labute approximate surface area is 140 Å². The second kappa shape index (κ2) is 7.42. The number of hydrogen-bond acceptors (Lipinski definition) is 3. The van der Waals surface area contributed by atoms with Crippen molar-refractivity contribution in [1.29, 1.82) is 0 Å². The molecule has 0 aliphatic carbocycles. The number of ether oxygens (including phenoxy) is 1. The molecule has 2 atom stereocenters. The minimum absolute atomic E-state index is 0.0710. The molecule has 1 aromatic rings. The molecular weight excluding hydrogens is 321 g/mol. The molecule has 1 amide bonds. The Morgan fingerprint density at radius 1 is 1.38 bits per heavy atom. The van der Waals surface area contributed by atoms with E-state index in [-0.39, 0.29) is 18.7 Å². The lowest BCUT2D eigenvalue weighted by Gasteiger charge is -2.36. The van der Waals surface area contributed by atoms with Crippen LogP contribution in [0.3, 0.4) is 0 Å². The van der Waals surface area contributed by atoms with Crippen molar-refractivity contribution in [2.75, 3.05) is 13.1 Å². The van der Waals surface area contributed by atoms with Crippen LogP contribution in [0.25, 0.3) is 0 Å². The van der Waals surface area contributed by atoms with E-state index in [9.17, 15) is 18.0 Å². The second-order valence-electron chi connectivity index (χ2n) is 6.95. The van der Waals surface area contributed by atoms with Crippen LogP contribution >= 0.6 is 0 Å². The molecule has 24 heavy (non-hydrogen) atoms. The Morgan fingerprint density at radius 2 is 2.08 bits per heavy atom. The van der Waals surface area contributed by atoms with Crippen LogP contribution < -0.4 is 5.32 Å². The Kier molecular flexibility index (Phi) is 5.74. The fourth-order valence-electron chi connectivity index (χ4n) is 2.53. The third kappa shape index (κ3) is 5.12. The van der Waals surface area contributed by atoms with Gasteiger partial charge in [-0.2, -0.15) is 0 Å². The van der Waals surface area contributed by atoms with Crippen molar-refractivity contribution in [1.82, 2.24) is 10.2 Å². The summed E-state index contributed by atoms with van der Waals surface area (Å²) in [7, 11) is 0. The monoisotopic (exact) mass is 344 g/mol. The average Bonchev–Trinajstić information content (AvgIpc) is 2.45. The van der Waals surface area contributed by atoms with Crippen LogP contribution in [-0.4, -0.2) is 41.9 Å². The van der Waals surface area contributed by atoms with Gasteiger partial charge in [0.15, 0.2) is 0 Å². The van der Waals surface area contributed by atoms with Crippen molar-refractivity contribution < 1.29 is 22.7 Å². The number of likely N-dealkylation sites (tertiary alicyclic amines) is 1. The number of alkyl halides is 1. The molecule has 0 radical (unpaired) electrons. The summed E-state index contributed by atoms with van der Waals surface area (Å²) >= 11 is 0. The molecule has 0 saturated carbocycles. The highest BCUT2D eigenvalue weighted by Gasteiger charge is 2.33. The summed E-state index contributed by atoms with van der Waals surface area (Å²) < 4.78 is 46.0. The lowest BCUT2D eigenvalue weighted by atomic mass is 10.0. The Bertz CT molecular complexity index is 590. The van der Waals surface area contributed by atoms with Crippen LogP contribution in [0.5, 0.6) is 0 Å². The summed E-state index contributed by atoms with van der Waals surface area (Å²) in [5, 5.41) is 2.94. The molecule has 4 nitrogen and oxygen atoms in total. The molecule has 0 aromatic heterocycles. The van der Waals surface area contributed by atoms with Gasteiger partial charge in [-0.25, -0.2) is 18.0 Å². The number of nitrogens with one attached hydrogen (secondary N) is 1. The van der Waals surface area contributed by atoms with E-state index in [4.69, 9.17) is 4.74 Å². The zero-order chi connectivity index (χ0) is 17.9. The van der Waals surface area contributed by atoms with E-state index in [1.165, 1.54) is 11.0 Å². The Hall–Kier alpha value is -1.76. The Balaban J connectivity index is 1.86. The quantitative estimate of drug-likeness (QED) is 0.914. The molecule has 2 unspecified atom stereocenters. The van der Waals surface area contributed by atoms with Gasteiger partial charge < -0.3 is 15.0 Å². The highest BCUT2D eigenvalue weighted by Crippen LogP contribution is 2.19. The number of amides is 1. The van der Waals surface area contributed by atoms with Gasteiger partial charge in [-0.05, 0) is 33.3 Å².